The predicted octanol–water partition coefficient (Wildman–Crippen LogP) is 3.15. The van der Waals surface area contributed by atoms with Gasteiger partial charge in [-0.3, -0.25) is 0 Å². The lowest BCUT2D eigenvalue weighted by atomic mass is 10.00. The Kier molecular flexibility index (Phi) is 4.26. The molecular formula is C13H16FNO. The van der Waals surface area contributed by atoms with E-state index in [1.165, 1.54) is 6.08 Å². The van der Waals surface area contributed by atoms with Gasteiger partial charge in [-0.25, -0.2) is 4.39 Å². The summed E-state index contributed by atoms with van der Waals surface area (Å²) in [7, 11) is 0. The van der Waals surface area contributed by atoms with Gasteiger partial charge in [-0.05, 0) is 0 Å². The molecule has 0 spiro atoms. The molecule has 1 aromatic rings. The number of rotatable bonds is 4. The second-order valence-electron chi connectivity index (χ2n) is 3.40. The molecule has 0 fully saturated rings. The van der Waals surface area contributed by atoms with Crippen LogP contribution >= 0.6 is 0 Å². The molecule has 3 heteroatoms. The maximum absolute atomic E-state index is 13.9. The van der Waals surface area contributed by atoms with Gasteiger partial charge >= 0.3 is 0 Å². The first-order valence-electron chi connectivity index (χ1n) is 5.18. The van der Waals surface area contributed by atoms with Gasteiger partial charge in [-0.2, -0.15) is 0 Å². The fourth-order valence-electron chi connectivity index (χ4n) is 1.52. The van der Waals surface area contributed by atoms with Crippen molar-refractivity contribution in [3.8, 4) is 0 Å². The van der Waals surface area contributed by atoms with Crippen molar-refractivity contribution in [1.82, 2.24) is 0 Å². The molecule has 86 valence electrons. The normalized spacial score (nSPS) is 12.2. The van der Waals surface area contributed by atoms with Crippen LogP contribution in [0.25, 0.3) is 5.57 Å². The third kappa shape index (κ3) is 2.31. The Bertz CT molecular complexity index is 424. The molecule has 0 aliphatic rings. The second-order valence-corrected chi connectivity index (χ2v) is 3.40. The molecule has 0 aliphatic carbocycles. The summed E-state index contributed by atoms with van der Waals surface area (Å²) >= 11 is 0. The highest BCUT2D eigenvalue weighted by molar-refractivity contribution is 5.75. The molecule has 0 aromatic heterocycles. The lowest BCUT2D eigenvalue weighted by Crippen LogP contribution is -2.02. The number of hydrogen-bond acceptors (Lipinski definition) is 2. The fraction of sp³-hybridized carbons (Fsp3) is 0.231. The largest absolute Gasteiger partial charge is 0.512 e. The minimum atomic E-state index is -0.389. The zero-order valence-corrected chi connectivity index (χ0v) is 9.33. The monoisotopic (exact) mass is 221 g/mol. The molecule has 1 aromatic carbocycles. The topological polar surface area (TPSA) is 46.2 Å². The molecule has 0 amide bonds. The molecule has 0 saturated carbocycles. The van der Waals surface area contributed by atoms with Crippen molar-refractivity contribution in [1.29, 1.82) is 0 Å². The van der Waals surface area contributed by atoms with E-state index in [9.17, 15) is 9.50 Å². The molecule has 0 aliphatic heterocycles. The number of nitrogens with two attached hydrogens (primary N) is 1. The van der Waals surface area contributed by atoms with Crippen LogP contribution in [0.4, 0.5) is 4.39 Å². The summed E-state index contributed by atoms with van der Waals surface area (Å²) in [6.07, 6.45) is 1.89. The van der Waals surface area contributed by atoms with E-state index in [0.29, 0.717) is 23.1 Å². The molecule has 2 nitrogen and oxygen atoms in total. The smallest absolute Gasteiger partial charge is 0.135 e. The first-order chi connectivity index (χ1) is 7.65. The number of allylic oxidation sites excluding steroid dienone is 3. The fourth-order valence-corrected chi connectivity index (χ4v) is 1.52. The van der Waals surface area contributed by atoms with E-state index in [1.54, 1.807) is 25.1 Å². The van der Waals surface area contributed by atoms with Gasteiger partial charge in [0.25, 0.3) is 0 Å². The van der Waals surface area contributed by atoms with Crippen molar-refractivity contribution in [2.75, 3.05) is 0 Å². The van der Waals surface area contributed by atoms with E-state index in [-0.39, 0.29) is 18.1 Å². The van der Waals surface area contributed by atoms with Crippen molar-refractivity contribution in [3.05, 3.63) is 53.6 Å². The van der Waals surface area contributed by atoms with Crippen LogP contribution in [0.1, 0.15) is 24.5 Å². The first-order valence-corrected chi connectivity index (χ1v) is 5.18. The van der Waals surface area contributed by atoms with E-state index in [4.69, 9.17) is 5.73 Å². The van der Waals surface area contributed by atoms with Gasteiger partial charge in [0, 0.05) is 29.7 Å². The van der Waals surface area contributed by atoms with Gasteiger partial charge < -0.3 is 10.8 Å². The molecule has 3 N–H and O–H groups in total. The van der Waals surface area contributed by atoms with Crippen LogP contribution in [0.5, 0.6) is 0 Å². The number of halogens is 1. The first kappa shape index (κ1) is 12.5. The molecule has 0 heterocycles. The Labute approximate surface area is 94.9 Å². The van der Waals surface area contributed by atoms with Crippen molar-refractivity contribution in [2.45, 2.75) is 19.9 Å². The number of aliphatic hydroxyl groups excluding tert-OH is 1. The maximum atomic E-state index is 13.9. The summed E-state index contributed by atoms with van der Waals surface area (Å²) < 4.78 is 13.9. The minimum Gasteiger partial charge on any atom is -0.512 e. The van der Waals surface area contributed by atoms with E-state index in [0.717, 1.165) is 0 Å². The summed E-state index contributed by atoms with van der Waals surface area (Å²) in [6.45, 7) is 5.52. The Morgan fingerprint density at radius 2 is 2.25 bits per heavy atom. The average molecular weight is 221 g/mol. The van der Waals surface area contributed by atoms with Crippen LogP contribution in [0.2, 0.25) is 0 Å². The molecule has 0 atom stereocenters. The summed E-state index contributed by atoms with van der Waals surface area (Å²) in [5.74, 6) is -0.261. The molecule has 16 heavy (non-hydrogen) atoms. The van der Waals surface area contributed by atoms with Crippen LogP contribution in [0.3, 0.4) is 0 Å². The summed E-state index contributed by atoms with van der Waals surface area (Å²) in [5, 5.41) is 9.67. The summed E-state index contributed by atoms with van der Waals surface area (Å²) in [4.78, 5) is 0. The van der Waals surface area contributed by atoms with Gasteiger partial charge in [-0.15, -0.1) is 0 Å². The van der Waals surface area contributed by atoms with Crippen LogP contribution in [-0.2, 0) is 6.54 Å². The third-order valence-corrected chi connectivity index (χ3v) is 2.44. The Morgan fingerprint density at radius 1 is 1.56 bits per heavy atom. The van der Waals surface area contributed by atoms with Gasteiger partial charge in [0.1, 0.15) is 5.82 Å². The zero-order valence-electron chi connectivity index (χ0n) is 9.33. The lowest BCUT2D eigenvalue weighted by molar-refractivity contribution is 0.397. The van der Waals surface area contributed by atoms with Crippen molar-refractivity contribution >= 4 is 5.57 Å². The highest BCUT2D eigenvalue weighted by Crippen LogP contribution is 2.25. The van der Waals surface area contributed by atoms with Gasteiger partial charge in [-0.1, -0.05) is 37.8 Å². The Hall–Kier alpha value is -1.61. The average Bonchev–Trinajstić information content (AvgIpc) is 2.31. The predicted molar refractivity (Wildman–Crippen MR) is 64.3 cm³/mol. The number of hydrogen-bond donors (Lipinski definition) is 2. The molecule has 0 unspecified atom stereocenters. The van der Waals surface area contributed by atoms with Gasteiger partial charge in [0.2, 0.25) is 0 Å². The number of aliphatic hydroxyl groups is 1. The highest BCUT2D eigenvalue weighted by Gasteiger charge is 2.11. The van der Waals surface area contributed by atoms with E-state index in [2.05, 4.69) is 6.58 Å². The van der Waals surface area contributed by atoms with Crippen LogP contribution in [0.15, 0.2) is 36.6 Å². The lowest BCUT2D eigenvalue weighted by Gasteiger charge is -2.09. The summed E-state index contributed by atoms with van der Waals surface area (Å²) in [5.41, 5.74) is 6.63. The zero-order chi connectivity index (χ0) is 12.1. The van der Waals surface area contributed by atoms with Crippen molar-refractivity contribution in [3.63, 3.8) is 0 Å². The van der Waals surface area contributed by atoms with E-state index < -0.39 is 0 Å². The highest BCUT2D eigenvalue weighted by atomic mass is 19.1. The van der Waals surface area contributed by atoms with Gasteiger partial charge in [0.15, 0.2) is 0 Å². The second kappa shape index (κ2) is 5.47. The van der Waals surface area contributed by atoms with Crippen LogP contribution in [0, 0.1) is 5.82 Å². The SMILES string of the molecule is C=C/C(=C(/O)CC)c1cccc(CN)c1F. The molecule has 0 bridgehead atoms. The third-order valence-electron chi connectivity index (χ3n) is 2.44. The Balaban J connectivity index is 3.37. The number of benzene rings is 1. The molecule has 0 saturated heterocycles. The van der Waals surface area contributed by atoms with Crippen LogP contribution in [-0.4, -0.2) is 5.11 Å². The van der Waals surface area contributed by atoms with Crippen molar-refractivity contribution in [2.24, 2.45) is 5.73 Å². The van der Waals surface area contributed by atoms with Gasteiger partial charge in [0.05, 0.1) is 5.76 Å². The Morgan fingerprint density at radius 3 is 2.75 bits per heavy atom. The van der Waals surface area contributed by atoms with E-state index in [1.807, 2.05) is 0 Å². The molecule has 1 rings (SSSR count). The minimum absolute atomic E-state index is 0.128. The molecular weight excluding hydrogens is 205 g/mol. The van der Waals surface area contributed by atoms with Crippen LogP contribution < -0.4 is 5.73 Å². The van der Waals surface area contributed by atoms with Crippen molar-refractivity contribution < 1.29 is 9.50 Å². The maximum Gasteiger partial charge on any atom is 0.135 e. The summed E-state index contributed by atoms with van der Waals surface area (Å²) in [6, 6.07) is 4.95. The standard InChI is InChI=1S/C13H16FNO/c1-3-10(12(16)4-2)11-7-5-6-9(8-15)13(11)14/h3,5-7,16H,1,4,8,15H2,2H3/b12-10-. The molecule has 0 radical (unpaired) electrons. The quantitative estimate of drug-likeness (QED) is 0.606. The van der Waals surface area contributed by atoms with E-state index >= 15 is 0 Å².